The van der Waals surface area contributed by atoms with Gasteiger partial charge in [-0.2, -0.15) is 0 Å². The monoisotopic (exact) mass is 486 g/mol. The van der Waals surface area contributed by atoms with E-state index >= 15 is 0 Å². The van der Waals surface area contributed by atoms with Gasteiger partial charge in [-0.3, -0.25) is 4.79 Å². The Kier molecular flexibility index (Phi) is 9.55. The van der Waals surface area contributed by atoms with E-state index in [1.165, 1.54) is 23.1 Å². The average Bonchev–Trinajstić information content (AvgIpc) is 2.84. The second kappa shape index (κ2) is 12.0. The normalized spacial score (nSPS) is 24.3. The minimum atomic E-state index is -0.671. The zero-order valence-electron chi connectivity index (χ0n) is 22.7. The molecule has 1 aromatic rings. The van der Waals surface area contributed by atoms with Gasteiger partial charge in [0.1, 0.15) is 0 Å². The molecule has 0 heterocycles. The van der Waals surface area contributed by atoms with Crippen molar-refractivity contribution in [2.24, 2.45) is 17.3 Å². The van der Waals surface area contributed by atoms with Crippen molar-refractivity contribution < 1.29 is 19.4 Å². The average molecular weight is 487 g/mol. The van der Waals surface area contributed by atoms with Crippen molar-refractivity contribution in [1.82, 2.24) is 9.80 Å². The summed E-state index contributed by atoms with van der Waals surface area (Å²) in [5, 5.41) is 11.8. The highest BCUT2D eigenvalue weighted by atomic mass is 16.5. The quantitative estimate of drug-likeness (QED) is 0.455. The van der Waals surface area contributed by atoms with Crippen LogP contribution in [0.2, 0.25) is 0 Å². The summed E-state index contributed by atoms with van der Waals surface area (Å²) in [5.41, 5.74) is 2.82. The van der Waals surface area contributed by atoms with Crippen LogP contribution in [0.3, 0.4) is 0 Å². The van der Waals surface area contributed by atoms with Gasteiger partial charge in [0.15, 0.2) is 0 Å². The predicted molar refractivity (Wildman–Crippen MR) is 141 cm³/mol. The van der Waals surface area contributed by atoms with E-state index in [9.17, 15) is 9.90 Å². The maximum absolute atomic E-state index is 13.0. The third-order valence-corrected chi connectivity index (χ3v) is 8.27. The minimum Gasteiger partial charge on any atom is -0.389 e. The molecule has 1 aromatic carbocycles. The maximum atomic E-state index is 13.0. The number of allylic oxidation sites excluding steroid dienone is 1. The largest absolute Gasteiger partial charge is 0.389 e. The molecule has 0 aromatic heterocycles. The number of hydrogen-bond acceptors (Lipinski definition) is 5. The van der Waals surface area contributed by atoms with Gasteiger partial charge < -0.3 is 24.4 Å². The molecule has 0 spiro atoms. The Bertz CT molecular complexity index is 865. The van der Waals surface area contributed by atoms with E-state index in [4.69, 9.17) is 9.47 Å². The topological polar surface area (TPSA) is 62.2 Å². The fraction of sp³-hybridized carbons (Fsp3) is 0.690. The zero-order chi connectivity index (χ0) is 25.6. The number of ether oxygens (including phenoxy) is 2. The number of methoxy groups -OCH3 is 2. The zero-order valence-corrected chi connectivity index (χ0v) is 22.7. The first-order valence-electron chi connectivity index (χ1n) is 13.1. The molecule has 1 amide bonds. The molecule has 0 aliphatic heterocycles. The fourth-order valence-corrected chi connectivity index (χ4v) is 6.35. The highest BCUT2D eigenvalue weighted by molar-refractivity contribution is 5.82. The van der Waals surface area contributed by atoms with Crippen molar-refractivity contribution in [3.05, 3.63) is 41.5 Å². The summed E-state index contributed by atoms with van der Waals surface area (Å²) in [4.78, 5) is 17.0. The predicted octanol–water partition coefficient (Wildman–Crippen LogP) is 4.09. The highest BCUT2D eigenvalue weighted by Crippen LogP contribution is 2.54. The molecule has 0 saturated heterocycles. The van der Waals surface area contributed by atoms with Gasteiger partial charge in [0.2, 0.25) is 5.91 Å². The van der Waals surface area contributed by atoms with Gasteiger partial charge in [-0.05, 0) is 76.6 Å². The fourth-order valence-electron chi connectivity index (χ4n) is 6.35. The Hall–Kier alpha value is -1.73. The van der Waals surface area contributed by atoms with E-state index in [-0.39, 0.29) is 11.8 Å². The molecule has 3 aliphatic rings. The lowest BCUT2D eigenvalue weighted by molar-refractivity contribution is -0.146. The smallest absolute Gasteiger partial charge is 0.232 e. The third kappa shape index (κ3) is 6.34. The van der Waals surface area contributed by atoms with Gasteiger partial charge in [0, 0.05) is 40.3 Å². The van der Waals surface area contributed by atoms with Crippen LogP contribution in [0.15, 0.2) is 35.9 Å². The molecule has 1 N–H and O–H groups in total. The molecular weight excluding hydrogens is 440 g/mol. The van der Waals surface area contributed by atoms with Crippen LogP contribution in [0.25, 0.3) is 5.57 Å². The van der Waals surface area contributed by atoms with Crippen LogP contribution in [0.1, 0.15) is 51.5 Å². The second-order valence-electron chi connectivity index (χ2n) is 11.2. The van der Waals surface area contributed by atoms with Crippen molar-refractivity contribution in [3.63, 3.8) is 0 Å². The summed E-state index contributed by atoms with van der Waals surface area (Å²) in [7, 11) is 7.20. The second-order valence-corrected chi connectivity index (χ2v) is 11.2. The van der Waals surface area contributed by atoms with Gasteiger partial charge in [-0.1, -0.05) is 35.9 Å². The number of carbonyl (C=O) groups is 1. The maximum Gasteiger partial charge on any atom is 0.232 e. The number of benzene rings is 1. The molecule has 6 heteroatoms. The van der Waals surface area contributed by atoms with Crippen LogP contribution >= 0.6 is 0 Å². The van der Waals surface area contributed by atoms with Crippen molar-refractivity contribution in [1.29, 1.82) is 0 Å². The van der Waals surface area contributed by atoms with E-state index in [0.29, 0.717) is 25.7 Å². The molecule has 3 aliphatic carbocycles. The third-order valence-electron chi connectivity index (χ3n) is 8.27. The van der Waals surface area contributed by atoms with Crippen LogP contribution in [0.5, 0.6) is 0 Å². The Labute approximate surface area is 212 Å². The first-order valence-corrected chi connectivity index (χ1v) is 13.1. The summed E-state index contributed by atoms with van der Waals surface area (Å²) >= 11 is 0. The highest BCUT2D eigenvalue weighted by Gasteiger charge is 2.49. The van der Waals surface area contributed by atoms with Gasteiger partial charge in [-0.25, -0.2) is 0 Å². The van der Waals surface area contributed by atoms with Crippen LogP contribution < -0.4 is 0 Å². The SMILES string of the molecule is COCC(C)(COC)C(=O)N(C)CCCN(C)CC[C@]1(O)C[C@H]2CC[C@H]1C(c1ccccc1)=C2C. The molecule has 4 rings (SSSR count). The van der Waals surface area contributed by atoms with Crippen LogP contribution in [-0.2, 0) is 14.3 Å². The van der Waals surface area contributed by atoms with Gasteiger partial charge in [0.05, 0.1) is 24.2 Å². The van der Waals surface area contributed by atoms with E-state index in [1.807, 2.05) is 14.0 Å². The Balaban J connectivity index is 1.52. The van der Waals surface area contributed by atoms with Crippen LogP contribution in [0, 0.1) is 17.3 Å². The molecule has 1 fully saturated rings. The van der Waals surface area contributed by atoms with Crippen molar-refractivity contribution >= 4 is 11.5 Å². The Morgan fingerprint density at radius 2 is 1.74 bits per heavy atom. The first-order chi connectivity index (χ1) is 16.6. The Morgan fingerprint density at radius 3 is 2.37 bits per heavy atom. The molecule has 3 atom stereocenters. The number of aliphatic hydroxyl groups is 1. The van der Waals surface area contributed by atoms with Crippen LogP contribution in [0.4, 0.5) is 0 Å². The van der Waals surface area contributed by atoms with Crippen LogP contribution in [-0.4, -0.2) is 87.6 Å². The molecule has 0 unspecified atom stereocenters. The number of fused-ring (bicyclic) bond motifs is 2. The van der Waals surface area contributed by atoms with Gasteiger partial charge in [-0.15, -0.1) is 0 Å². The van der Waals surface area contributed by atoms with Gasteiger partial charge >= 0.3 is 0 Å². The van der Waals surface area contributed by atoms with Crippen molar-refractivity contribution in [2.45, 2.75) is 51.6 Å². The van der Waals surface area contributed by atoms with E-state index in [0.717, 1.165) is 38.8 Å². The molecule has 1 saturated carbocycles. The van der Waals surface area contributed by atoms with Crippen molar-refractivity contribution in [3.8, 4) is 0 Å². The molecular formula is C29H46N2O4. The molecule has 0 radical (unpaired) electrons. The standard InChI is InChI=1S/C29H46N2O4/c1-22-24-13-14-25(26(22)23-11-8-7-9-12-23)29(33,19-24)15-18-30(3)16-10-17-31(4)27(32)28(2,20-34-5)21-35-6/h7-9,11-12,24-25,33H,10,13-21H2,1-6H3/t24-,25+,29+/m1/s1. The summed E-state index contributed by atoms with van der Waals surface area (Å²) in [6.07, 6.45) is 4.80. The first kappa shape index (κ1) is 27.9. The molecule has 6 nitrogen and oxygen atoms in total. The van der Waals surface area contributed by atoms with E-state index < -0.39 is 11.0 Å². The number of carbonyl (C=O) groups excluding carboxylic acids is 1. The lowest BCUT2D eigenvalue weighted by atomic mass is 9.57. The molecule has 196 valence electrons. The van der Waals surface area contributed by atoms with Gasteiger partial charge in [0.25, 0.3) is 0 Å². The summed E-state index contributed by atoms with van der Waals surface area (Å²) in [6.45, 7) is 7.25. The van der Waals surface area contributed by atoms with E-state index in [1.54, 1.807) is 19.1 Å². The summed E-state index contributed by atoms with van der Waals surface area (Å²) in [6, 6.07) is 10.6. The molecule has 2 bridgehead atoms. The summed E-state index contributed by atoms with van der Waals surface area (Å²) in [5.74, 6) is 0.747. The number of hydrogen-bond donors (Lipinski definition) is 1. The summed E-state index contributed by atoms with van der Waals surface area (Å²) < 4.78 is 10.5. The Morgan fingerprint density at radius 1 is 1.09 bits per heavy atom. The lowest BCUT2D eigenvalue weighted by Gasteiger charge is -2.51. The number of nitrogens with zero attached hydrogens (tertiary/aromatic N) is 2. The van der Waals surface area contributed by atoms with E-state index in [2.05, 4.69) is 49.2 Å². The van der Waals surface area contributed by atoms with Crippen molar-refractivity contribution in [2.75, 3.05) is 61.2 Å². The lowest BCUT2D eigenvalue weighted by Crippen LogP contribution is -2.49. The molecule has 35 heavy (non-hydrogen) atoms. The minimum absolute atomic E-state index is 0.0481. The number of amides is 1. The number of rotatable bonds is 13.